The molecule has 5 heteroatoms. The molecule has 2 aromatic heterocycles. The van der Waals surface area contributed by atoms with E-state index < -0.39 is 0 Å². The fourth-order valence-electron chi connectivity index (χ4n) is 3.24. The fourth-order valence-corrected chi connectivity index (χ4v) is 3.24. The molecule has 1 aliphatic rings. The fraction of sp³-hybridized carbons (Fsp3) is 0.278. The molecule has 4 rings (SSSR count). The molecule has 0 fully saturated rings. The van der Waals surface area contributed by atoms with Crippen LogP contribution < -0.4 is 0 Å². The van der Waals surface area contributed by atoms with Crippen molar-refractivity contribution in [3.63, 3.8) is 0 Å². The molecule has 1 amide bonds. The van der Waals surface area contributed by atoms with Crippen LogP contribution in [0.15, 0.2) is 36.5 Å². The van der Waals surface area contributed by atoms with Gasteiger partial charge in [0.2, 0.25) is 0 Å². The normalized spacial score (nSPS) is 17.3. The lowest BCUT2D eigenvalue weighted by Gasteiger charge is -2.32. The summed E-state index contributed by atoms with van der Waals surface area (Å²) < 4.78 is 1.71. The average Bonchev–Trinajstić information content (AvgIpc) is 2.95. The molecule has 0 spiro atoms. The van der Waals surface area contributed by atoms with Gasteiger partial charge in [-0.3, -0.25) is 14.5 Å². The van der Waals surface area contributed by atoms with Gasteiger partial charge in [-0.25, -0.2) is 0 Å². The number of nitrogens with zero attached hydrogens (tertiary/aromatic N) is 4. The van der Waals surface area contributed by atoms with Gasteiger partial charge < -0.3 is 4.90 Å². The monoisotopic (exact) mass is 305 g/mol. The number of hydrogen-bond acceptors (Lipinski definition) is 3. The van der Waals surface area contributed by atoms with E-state index in [0.717, 1.165) is 28.6 Å². The van der Waals surface area contributed by atoms with Gasteiger partial charge in [-0.05, 0) is 37.6 Å². The Hall–Kier alpha value is -2.69. The first kappa shape index (κ1) is 13.9. The summed E-state index contributed by atoms with van der Waals surface area (Å²) >= 11 is 0. The SMILES string of the molecule is C[C@H]1c2nn(C)[c]c2CCN1C(=O)c1ccc2ncccc2c1. The van der Waals surface area contributed by atoms with Gasteiger partial charge in [0.1, 0.15) is 0 Å². The molecule has 5 nitrogen and oxygen atoms in total. The number of amides is 1. The molecule has 0 bridgehead atoms. The molecule has 0 saturated carbocycles. The summed E-state index contributed by atoms with van der Waals surface area (Å²) in [6.45, 7) is 2.72. The number of pyridine rings is 1. The van der Waals surface area contributed by atoms with Crippen LogP contribution in [0.5, 0.6) is 0 Å². The Labute approximate surface area is 134 Å². The third-order valence-corrected chi connectivity index (χ3v) is 4.44. The molecule has 1 radical (unpaired) electrons. The van der Waals surface area contributed by atoms with Crippen molar-refractivity contribution in [1.82, 2.24) is 19.7 Å². The standard InChI is InChI=1S/C18H17N4O/c1-12-17-15(11-21(2)20-17)7-9-22(12)18(23)14-5-6-16-13(10-14)4-3-8-19-16/h3-6,8,10,12H,7,9H2,1-2H3/t12-/m0/s1. The number of aromatic nitrogens is 3. The van der Waals surface area contributed by atoms with E-state index in [0.29, 0.717) is 12.1 Å². The molecule has 0 unspecified atom stereocenters. The van der Waals surface area contributed by atoms with E-state index in [4.69, 9.17) is 0 Å². The second-order valence-corrected chi connectivity index (χ2v) is 5.93. The van der Waals surface area contributed by atoms with Gasteiger partial charge in [-0.1, -0.05) is 6.07 Å². The van der Waals surface area contributed by atoms with E-state index in [2.05, 4.69) is 16.3 Å². The highest BCUT2D eigenvalue weighted by Gasteiger charge is 2.30. The Morgan fingerprint density at radius 3 is 3.09 bits per heavy atom. The second-order valence-electron chi connectivity index (χ2n) is 5.93. The number of carbonyl (C=O) groups excluding carboxylic acids is 1. The van der Waals surface area contributed by atoms with Crippen molar-refractivity contribution in [1.29, 1.82) is 0 Å². The maximum absolute atomic E-state index is 12.9. The van der Waals surface area contributed by atoms with E-state index in [9.17, 15) is 4.79 Å². The number of carbonyl (C=O) groups is 1. The number of aryl methyl sites for hydroxylation is 1. The van der Waals surface area contributed by atoms with Gasteiger partial charge in [0.15, 0.2) is 0 Å². The van der Waals surface area contributed by atoms with Crippen molar-refractivity contribution in [2.45, 2.75) is 19.4 Å². The zero-order valence-corrected chi connectivity index (χ0v) is 13.2. The predicted octanol–water partition coefficient (Wildman–Crippen LogP) is 2.53. The lowest BCUT2D eigenvalue weighted by Crippen LogP contribution is -2.38. The number of rotatable bonds is 1. The number of hydrogen-bond donors (Lipinski definition) is 0. The van der Waals surface area contributed by atoms with Crippen molar-refractivity contribution in [3.8, 4) is 0 Å². The summed E-state index contributed by atoms with van der Waals surface area (Å²) in [5, 5.41) is 5.45. The highest BCUT2D eigenvalue weighted by atomic mass is 16.2. The van der Waals surface area contributed by atoms with Crippen LogP contribution in [0, 0.1) is 6.20 Å². The maximum atomic E-state index is 12.9. The molecule has 1 atom stereocenters. The highest BCUT2D eigenvalue weighted by Crippen LogP contribution is 2.29. The van der Waals surface area contributed by atoms with Crippen molar-refractivity contribution in [2.75, 3.05) is 6.54 Å². The van der Waals surface area contributed by atoms with Gasteiger partial charge in [-0.2, -0.15) is 5.10 Å². The Bertz CT molecular complexity index is 899. The summed E-state index contributed by atoms with van der Waals surface area (Å²) in [7, 11) is 1.87. The molecule has 23 heavy (non-hydrogen) atoms. The first-order chi connectivity index (χ1) is 11.1. The molecule has 3 heterocycles. The summed E-state index contributed by atoms with van der Waals surface area (Å²) in [5.41, 5.74) is 3.67. The van der Waals surface area contributed by atoms with E-state index in [1.54, 1.807) is 10.9 Å². The third-order valence-electron chi connectivity index (χ3n) is 4.44. The van der Waals surface area contributed by atoms with Crippen LogP contribution in [0.2, 0.25) is 0 Å². The van der Waals surface area contributed by atoms with Crippen LogP contribution in [-0.4, -0.2) is 32.1 Å². The van der Waals surface area contributed by atoms with Gasteiger partial charge in [0, 0.05) is 36.3 Å². The first-order valence-corrected chi connectivity index (χ1v) is 7.74. The van der Waals surface area contributed by atoms with Crippen molar-refractivity contribution in [3.05, 3.63) is 59.5 Å². The topological polar surface area (TPSA) is 51.0 Å². The average molecular weight is 305 g/mol. The van der Waals surface area contributed by atoms with Gasteiger partial charge in [-0.15, -0.1) is 0 Å². The largest absolute Gasteiger partial charge is 0.330 e. The van der Waals surface area contributed by atoms with E-state index in [1.165, 1.54) is 0 Å². The Morgan fingerprint density at radius 2 is 2.22 bits per heavy atom. The summed E-state index contributed by atoms with van der Waals surface area (Å²) in [6, 6.07) is 9.49. The van der Waals surface area contributed by atoms with E-state index in [1.807, 2.05) is 49.2 Å². The predicted molar refractivity (Wildman–Crippen MR) is 86.9 cm³/mol. The van der Waals surface area contributed by atoms with Crippen molar-refractivity contribution >= 4 is 16.8 Å². The molecule has 0 saturated heterocycles. The van der Waals surface area contributed by atoms with Crippen LogP contribution in [-0.2, 0) is 13.5 Å². The molecule has 115 valence electrons. The summed E-state index contributed by atoms with van der Waals surface area (Å²) in [6.07, 6.45) is 5.77. The Kier molecular flexibility index (Phi) is 3.15. The van der Waals surface area contributed by atoms with Crippen molar-refractivity contribution < 1.29 is 4.79 Å². The van der Waals surface area contributed by atoms with Crippen molar-refractivity contribution in [2.24, 2.45) is 7.05 Å². The summed E-state index contributed by atoms with van der Waals surface area (Å²) in [5.74, 6) is 0.0413. The van der Waals surface area contributed by atoms with Gasteiger partial charge >= 0.3 is 0 Å². The maximum Gasteiger partial charge on any atom is 0.254 e. The molecule has 3 aromatic rings. The van der Waals surface area contributed by atoms with Gasteiger partial charge in [0.25, 0.3) is 5.91 Å². The molecule has 1 aromatic carbocycles. The molecule has 0 N–H and O–H groups in total. The molecule has 0 aliphatic carbocycles. The molecular formula is C18H17N4O. The molecular weight excluding hydrogens is 288 g/mol. The minimum absolute atomic E-state index is 0.0340. The minimum atomic E-state index is -0.0340. The van der Waals surface area contributed by atoms with Gasteiger partial charge in [0.05, 0.1) is 23.4 Å². The highest BCUT2D eigenvalue weighted by molar-refractivity contribution is 5.98. The smallest absolute Gasteiger partial charge is 0.254 e. The van der Waals surface area contributed by atoms with Crippen LogP contribution in [0.3, 0.4) is 0 Å². The number of benzene rings is 1. The third kappa shape index (κ3) is 2.29. The van der Waals surface area contributed by atoms with Crippen LogP contribution in [0.25, 0.3) is 10.9 Å². The first-order valence-electron chi connectivity index (χ1n) is 7.74. The lowest BCUT2D eigenvalue weighted by atomic mass is 10.00. The Morgan fingerprint density at radius 1 is 1.35 bits per heavy atom. The second kappa shape index (κ2) is 5.19. The Balaban J connectivity index is 1.68. The zero-order chi connectivity index (χ0) is 16.0. The number of fused-ring (bicyclic) bond motifs is 2. The zero-order valence-electron chi connectivity index (χ0n) is 13.2. The minimum Gasteiger partial charge on any atom is -0.330 e. The summed E-state index contributed by atoms with van der Waals surface area (Å²) in [4.78, 5) is 19.1. The van der Waals surface area contributed by atoms with Crippen LogP contribution >= 0.6 is 0 Å². The van der Waals surface area contributed by atoms with E-state index in [-0.39, 0.29) is 11.9 Å². The lowest BCUT2D eigenvalue weighted by molar-refractivity contribution is 0.0673. The quantitative estimate of drug-likeness (QED) is 0.694. The van der Waals surface area contributed by atoms with E-state index >= 15 is 0 Å². The van der Waals surface area contributed by atoms with Crippen LogP contribution in [0.1, 0.15) is 34.6 Å². The van der Waals surface area contributed by atoms with Crippen LogP contribution in [0.4, 0.5) is 0 Å². The molecule has 1 aliphatic heterocycles.